The number of carbonyl (C=O) groups excluding carboxylic acids is 1. The molecule has 92 valence electrons. The molecule has 0 heterocycles. The van der Waals surface area contributed by atoms with E-state index in [9.17, 15) is 14.9 Å². The van der Waals surface area contributed by atoms with Gasteiger partial charge in [-0.05, 0) is 13.1 Å². The first kappa shape index (κ1) is 12.9. The molecule has 0 bridgehead atoms. The number of rotatable bonds is 5. The second-order valence-electron chi connectivity index (χ2n) is 3.29. The average Bonchev–Trinajstić information content (AvgIpc) is 2.29. The lowest BCUT2D eigenvalue weighted by Gasteiger charge is -2.06. The molecular formula is C10H14N4O3. The van der Waals surface area contributed by atoms with Crippen molar-refractivity contribution in [3.8, 4) is 0 Å². The van der Waals surface area contributed by atoms with Crippen molar-refractivity contribution in [3.05, 3.63) is 34.4 Å². The summed E-state index contributed by atoms with van der Waals surface area (Å²) in [6.07, 6.45) is 0. The topological polar surface area (TPSA) is 96.3 Å². The number of likely N-dealkylation sites (N-methyl/N-ethyl adjacent to an activating group) is 1. The Hall–Kier alpha value is -2.15. The fourth-order valence-electron chi connectivity index (χ4n) is 1.17. The average molecular weight is 238 g/mol. The van der Waals surface area contributed by atoms with Gasteiger partial charge >= 0.3 is 6.03 Å². The number of amides is 2. The highest BCUT2D eigenvalue weighted by atomic mass is 16.6. The minimum atomic E-state index is -0.510. The van der Waals surface area contributed by atoms with E-state index < -0.39 is 4.92 Å². The van der Waals surface area contributed by atoms with Crippen molar-refractivity contribution in [2.45, 2.75) is 0 Å². The number of hydrogen-bond acceptors (Lipinski definition) is 4. The third-order valence-electron chi connectivity index (χ3n) is 1.98. The van der Waals surface area contributed by atoms with Gasteiger partial charge in [-0.15, -0.1) is 0 Å². The maximum absolute atomic E-state index is 11.3. The van der Waals surface area contributed by atoms with Crippen molar-refractivity contribution >= 4 is 17.4 Å². The molecule has 1 aromatic carbocycles. The van der Waals surface area contributed by atoms with E-state index in [-0.39, 0.29) is 11.7 Å². The smallest absolute Gasteiger partial charge is 0.319 e. The van der Waals surface area contributed by atoms with E-state index in [0.29, 0.717) is 18.8 Å². The number of nitro benzene ring substituents is 1. The van der Waals surface area contributed by atoms with Gasteiger partial charge in [-0.3, -0.25) is 10.1 Å². The van der Waals surface area contributed by atoms with Crippen LogP contribution in [0.3, 0.4) is 0 Å². The minimum absolute atomic E-state index is 0.0574. The normalized spacial score (nSPS) is 9.71. The Morgan fingerprint density at radius 2 is 2.18 bits per heavy atom. The molecule has 0 saturated heterocycles. The van der Waals surface area contributed by atoms with E-state index in [1.807, 2.05) is 0 Å². The Balaban J connectivity index is 2.53. The summed E-state index contributed by atoms with van der Waals surface area (Å²) in [6.45, 7) is 1.14. The Kier molecular flexibility index (Phi) is 4.89. The van der Waals surface area contributed by atoms with Crippen LogP contribution in [0.4, 0.5) is 16.2 Å². The molecule has 0 atom stereocenters. The van der Waals surface area contributed by atoms with Gasteiger partial charge < -0.3 is 16.0 Å². The first-order chi connectivity index (χ1) is 8.13. The van der Waals surface area contributed by atoms with Crippen LogP contribution >= 0.6 is 0 Å². The molecule has 3 N–H and O–H groups in total. The molecule has 0 spiro atoms. The predicted molar refractivity (Wildman–Crippen MR) is 64.0 cm³/mol. The SMILES string of the molecule is CNCCNC(=O)Nc1cccc([N+](=O)[O-])c1. The van der Waals surface area contributed by atoms with E-state index in [1.165, 1.54) is 18.2 Å². The molecule has 0 aliphatic rings. The van der Waals surface area contributed by atoms with Crippen LogP contribution in [0, 0.1) is 10.1 Å². The number of benzene rings is 1. The Labute approximate surface area is 98.4 Å². The molecule has 0 fully saturated rings. The second kappa shape index (κ2) is 6.44. The van der Waals surface area contributed by atoms with Crippen molar-refractivity contribution in [1.29, 1.82) is 0 Å². The highest BCUT2D eigenvalue weighted by Gasteiger charge is 2.07. The van der Waals surface area contributed by atoms with E-state index in [2.05, 4.69) is 16.0 Å². The molecule has 0 aliphatic carbocycles. The van der Waals surface area contributed by atoms with Gasteiger partial charge in [-0.25, -0.2) is 4.79 Å². The number of nitro groups is 1. The fourth-order valence-corrected chi connectivity index (χ4v) is 1.17. The monoisotopic (exact) mass is 238 g/mol. The van der Waals surface area contributed by atoms with Crippen LogP contribution < -0.4 is 16.0 Å². The van der Waals surface area contributed by atoms with Crippen LogP contribution in [0.5, 0.6) is 0 Å². The van der Waals surface area contributed by atoms with Crippen LogP contribution in [0.1, 0.15) is 0 Å². The third kappa shape index (κ3) is 4.47. The lowest BCUT2D eigenvalue weighted by Crippen LogP contribution is -2.33. The lowest BCUT2D eigenvalue weighted by atomic mass is 10.3. The lowest BCUT2D eigenvalue weighted by molar-refractivity contribution is -0.384. The van der Waals surface area contributed by atoms with Gasteiger partial charge in [0.25, 0.3) is 5.69 Å². The van der Waals surface area contributed by atoms with Crippen molar-refractivity contribution in [2.24, 2.45) is 0 Å². The van der Waals surface area contributed by atoms with Gasteiger partial charge in [0.2, 0.25) is 0 Å². The molecule has 0 saturated carbocycles. The first-order valence-electron chi connectivity index (χ1n) is 5.07. The van der Waals surface area contributed by atoms with Gasteiger partial charge in [-0.1, -0.05) is 6.07 Å². The van der Waals surface area contributed by atoms with Gasteiger partial charge in [0.05, 0.1) is 4.92 Å². The Morgan fingerprint density at radius 3 is 2.82 bits per heavy atom. The van der Waals surface area contributed by atoms with Gasteiger partial charge in [0.15, 0.2) is 0 Å². The number of urea groups is 1. The number of nitrogens with one attached hydrogen (secondary N) is 3. The van der Waals surface area contributed by atoms with Crippen LogP contribution in [-0.2, 0) is 0 Å². The van der Waals surface area contributed by atoms with E-state index >= 15 is 0 Å². The number of carbonyl (C=O) groups is 1. The fraction of sp³-hybridized carbons (Fsp3) is 0.300. The van der Waals surface area contributed by atoms with Crippen LogP contribution in [0.25, 0.3) is 0 Å². The largest absolute Gasteiger partial charge is 0.337 e. The zero-order valence-electron chi connectivity index (χ0n) is 9.40. The summed E-state index contributed by atoms with van der Waals surface area (Å²) in [4.78, 5) is 21.4. The second-order valence-corrected chi connectivity index (χ2v) is 3.29. The molecule has 0 aromatic heterocycles. The summed E-state index contributed by atoms with van der Waals surface area (Å²) in [5.41, 5.74) is 0.333. The first-order valence-corrected chi connectivity index (χ1v) is 5.07. The molecule has 1 rings (SSSR count). The summed E-state index contributed by atoms with van der Waals surface area (Å²) in [5.74, 6) is 0. The van der Waals surface area contributed by atoms with Crippen molar-refractivity contribution in [1.82, 2.24) is 10.6 Å². The summed E-state index contributed by atoms with van der Waals surface area (Å²) < 4.78 is 0. The zero-order valence-corrected chi connectivity index (χ0v) is 9.40. The molecule has 7 heteroatoms. The summed E-state index contributed by atoms with van der Waals surface area (Å²) in [5, 5.41) is 18.5. The highest BCUT2D eigenvalue weighted by Crippen LogP contribution is 2.16. The minimum Gasteiger partial charge on any atom is -0.337 e. The van der Waals surface area contributed by atoms with Gasteiger partial charge in [0.1, 0.15) is 0 Å². The van der Waals surface area contributed by atoms with Crippen molar-refractivity contribution in [3.63, 3.8) is 0 Å². The van der Waals surface area contributed by atoms with Gasteiger partial charge in [-0.2, -0.15) is 0 Å². The molecule has 0 radical (unpaired) electrons. The zero-order chi connectivity index (χ0) is 12.7. The van der Waals surface area contributed by atoms with Crippen LogP contribution in [-0.4, -0.2) is 31.1 Å². The molecule has 0 unspecified atom stereocenters. The molecule has 2 amide bonds. The van der Waals surface area contributed by atoms with Crippen LogP contribution in [0.2, 0.25) is 0 Å². The van der Waals surface area contributed by atoms with Crippen LogP contribution in [0.15, 0.2) is 24.3 Å². The standard InChI is InChI=1S/C10H14N4O3/c1-11-5-6-12-10(15)13-8-3-2-4-9(7-8)14(16)17/h2-4,7,11H,5-6H2,1H3,(H2,12,13,15). The molecular weight excluding hydrogens is 224 g/mol. The van der Waals surface area contributed by atoms with E-state index in [0.717, 1.165) is 0 Å². The summed E-state index contributed by atoms with van der Waals surface area (Å²) >= 11 is 0. The molecule has 17 heavy (non-hydrogen) atoms. The number of hydrogen-bond donors (Lipinski definition) is 3. The molecule has 0 aliphatic heterocycles. The number of non-ortho nitro benzene ring substituents is 1. The maximum Gasteiger partial charge on any atom is 0.319 e. The highest BCUT2D eigenvalue weighted by molar-refractivity contribution is 5.89. The Morgan fingerprint density at radius 1 is 1.41 bits per heavy atom. The number of nitrogens with zero attached hydrogens (tertiary/aromatic N) is 1. The third-order valence-corrected chi connectivity index (χ3v) is 1.98. The van der Waals surface area contributed by atoms with Crippen molar-refractivity contribution < 1.29 is 9.72 Å². The summed E-state index contributed by atoms with van der Waals surface area (Å²) in [6, 6.07) is 5.38. The predicted octanol–water partition coefficient (Wildman–Crippen LogP) is 0.936. The van der Waals surface area contributed by atoms with Crippen molar-refractivity contribution in [2.75, 3.05) is 25.5 Å². The Bertz CT molecular complexity index is 408. The molecule has 1 aromatic rings. The van der Waals surface area contributed by atoms with Gasteiger partial charge in [0, 0.05) is 30.9 Å². The quantitative estimate of drug-likeness (QED) is 0.404. The summed E-state index contributed by atoms with van der Waals surface area (Å²) in [7, 11) is 1.78. The maximum atomic E-state index is 11.3. The molecule has 7 nitrogen and oxygen atoms in total. The van der Waals surface area contributed by atoms with E-state index in [1.54, 1.807) is 13.1 Å². The van der Waals surface area contributed by atoms with E-state index in [4.69, 9.17) is 0 Å². The number of anilines is 1.